The van der Waals surface area contributed by atoms with E-state index in [4.69, 9.17) is 0 Å². The van der Waals surface area contributed by atoms with E-state index in [0.717, 1.165) is 25.5 Å². The Morgan fingerprint density at radius 1 is 1.56 bits per heavy atom. The van der Waals surface area contributed by atoms with Crippen molar-refractivity contribution in [1.82, 2.24) is 25.0 Å². The third-order valence-electron chi connectivity index (χ3n) is 3.69. The van der Waals surface area contributed by atoms with Gasteiger partial charge in [-0.2, -0.15) is 5.10 Å². The summed E-state index contributed by atoms with van der Waals surface area (Å²) in [6, 6.07) is 1.18. The number of hydrogen-bond acceptors (Lipinski definition) is 4. The molecule has 1 fully saturated rings. The maximum Gasteiger partial charge on any atom is 0.141 e. The monoisotopic (exact) mass is 251 g/mol. The summed E-state index contributed by atoms with van der Waals surface area (Å²) in [5.74, 6) is 1.07. The van der Waals surface area contributed by atoms with Crippen molar-refractivity contribution >= 4 is 0 Å². The van der Waals surface area contributed by atoms with Crippen LogP contribution in [-0.4, -0.2) is 44.8 Å². The van der Waals surface area contributed by atoms with Gasteiger partial charge in [-0.05, 0) is 40.2 Å². The summed E-state index contributed by atoms with van der Waals surface area (Å²) in [6.07, 6.45) is 4.26. The number of nitrogens with zero attached hydrogens (tertiary/aromatic N) is 4. The molecular weight excluding hydrogens is 226 g/mol. The van der Waals surface area contributed by atoms with E-state index in [0.29, 0.717) is 12.1 Å². The molecule has 5 nitrogen and oxygen atoms in total. The number of aromatic nitrogens is 3. The molecule has 1 N–H and O–H groups in total. The van der Waals surface area contributed by atoms with Gasteiger partial charge in [0.25, 0.3) is 0 Å². The van der Waals surface area contributed by atoms with Crippen molar-refractivity contribution in [2.24, 2.45) is 0 Å². The quantitative estimate of drug-likeness (QED) is 0.827. The molecule has 18 heavy (non-hydrogen) atoms. The Labute approximate surface area is 110 Å². The lowest BCUT2D eigenvalue weighted by Gasteiger charge is -2.28. The predicted octanol–water partition coefficient (Wildman–Crippen LogP) is 1.26. The van der Waals surface area contributed by atoms with Crippen molar-refractivity contribution in [2.75, 3.05) is 13.1 Å². The SMILES string of the molecule is CCn1ncnc1CN(CC1CCCN1)C(C)C. The molecule has 1 aliphatic rings. The molecule has 0 spiro atoms. The number of nitrogens with one attached hydrogen (secondary N) is 1. The Kier molecular flexibility index (Phi) is 4.72. The zero-order chi connectivity index (χ0) is 13.0. The van der Waals surface area contributed by atoms with Crippen molar-refractivity contribution in [3.63, 3.8) is 0 Å². The van der Waals surface area contributed by atoms with Gasteiger partial charge < -0.3 is 5.32 Å². The van der Waals surface area contributed by atoms with E-state index in [2.05, 4.69) is 41.1 Å². The summed E-state index contributed by atoms with van der Waals surface area (Å²) in [5, 5.41) is 7.81. The third-order valence-corrected chi connectivity index (χ3v) is 3.69. The highest BCUT2D eigenvalue weighted by Crippen LogP contribution is 2.12. The van der Waals surface area contributed by atoms with E-state index in [-0.39, 0.29) is 0 Å². The van der Waals surface area contributed by atoms with E-state index in [1.165, 1.54) is 19.4 Å². The highest BCUT2D eigenvalue weighted by atomic mass is 15.3. The summed E-state index contributed by atoms with van der Waals surface area (Å²) in [7, 11) is 0. The van der Waals surface area contributed by atoms with Crippen LogP contribution in [0.1, 0.15) is 39.4 Å². The van der Waals surface area contributed by atoms with Gasteiger partial charge in [-0.3, -0.25) is 4.90 Å². The molecule has 5 heteroatoms. The van der Waals surface area contributed by atoms with Crippen LogP contribution in [0.15, 0.2) is 6.33 Å². The summed E-state index contributed by atoms with van der Waals surface area (Å²) < 4.78 is 1.98. The number of hydrogen-bond donors (Lipinski definition) is 1. The summed E-state index contributed by atoms with van der Waals surface area (Å²) in [6.45, 7) is 10.7. The van der Waals surface area contributed by atoms with Gasteiger partial charge in [-0.15, -0.1) is 0 Å². The van der Waals surface area contributed by atoms with Crippen molar-refractivity contribution in [1.29, 1.82) is 0 Å². The normalized spacial score (nSPS) is 20.2. The van der Waals surface area contributed by atoms with Gasteiger partial charge in [0.05, 0.1) is 6.54 Å². The van der Waals surface area contributed by atoms with Gasteiger partial charge >= 0.3 is 0 Å². The number of aryl methyl sites for hydroxylation is 1. The van der Waals surface area contributed by atoms with Gasteiger partial charge in [-0.25, -0.2) is 9.67 Å². The molecule has 1 saturated heterocycles. The minimum absolute atomic E-state index is 0.536. The van der Waals surface area contributed by atoms with E-state index in [1.807, 2.05) is 4.68 Å². The average Bonchev–Trinajstić information content (AvgIpc) is 2.98. The van der Waals surface area contributed by atoms with Gasteiger partial charge in [0, 0.05) is 25.2 Å². The molecule has 1 unspecified atom stereocenters. The smallest absolute Gasteiger partial charge is 0.141 e. The lowest BCUT2D eigenvalue weighted by atomic mass is 10.2. The van der Waals surface area contributed by atoms with Crippen LogP contribution in [0.2, 0.25) is 0 Å². The first-order chi connectivity index (χ1) is 8.70. The average molecular weight is 251 g/mol. The van der Waals surface area contributed by atoms with Crippen LogP contribution in [0.3, 0.4) is 0 Å². The first-order valence-electron chi connectivity index (χ1n) is 7.04. The Hall–Kier alpha value is -0.940. The molecule has 102 valence electrons. The van der Waals surface area contributed by atoms with Crippen LogP contribution < -0.4 is 5.32 Å². The van der Waals surface area contributed by atoms with E-state index < -0.39 is 0 Å². The summed E-state index contributed by atoms with van der Waals surface area (Å²) in [5.41, 5.74) is 0. The Balaban J connectivity index is 1.97. The van der Waals surface area contributed by atoms with Crippen molar-refractivity contribution in [2.45, 2.75) is 58.8 Å². The molecule has 0 aliphatic carbocycles. The standard InChI is InChI=1S/C13H25N5/c1-4-18-13(15-10-16-18)9-17(11(2)3)8-12-6-5-7-14-12/h10-12,14H,4-9H2,1-3H3. The van der Waals surface area contributed by atoms with Crippen LogP contribution in [0.4, 0.5) is 0 Å². The predicted molar refractivity (Wildman–Crippen MR) is 72.3 cm³/mol. The minimum atomic E-state index is 0.536. The molecule has 0 bridgehead atoms. The van der Waals surface area contributed by atoms with E-state index in [9.17, 15) is 0 Å². The molecule has 0 saturated carbocycles. The highest BCUT2D eigenvalue weighted by Gasteiger charge is 2.21. The second kappa shape index (κ2) is 6.29. The molecule has 0 amide bonds. The minimum Gasteiger partial charge on any atom is -0.313 e. The lowest BCUT2D eigenvalue weighted by Crippen LogP contribution is -2.41. The maximum atomic E-state index is 4.37. The van der Waals surface area contributed by atoms with Crippen LogP contribution >= 0.6 is 0 Å². The van der Waals surface area contributed by atoms with Crippen molar-refractivity contribution < 1.29 is 0 Å². The largest absolute Gasteiger partial charge is 0.313 e. The number of rotatable bonds is 6. The Morgan fingerprint density at radius 2 is 2.39 bits per heavy atom. The maximum absolute atomic E-state index is 4.37. The topological polar surface area (TPSA) is 46.0 Å². The molecule has 1 atom stereocenters. The molecule has 0 radical (unpaired) electrons. The van der Waals surface area contributed by atoms with Crippen LogP contribution in [0, 0.1) is 0 Å². The second-order valence-electron chi connectivity index (χ2n) is 5.31. The van der Waals surface area contributed by atoms with Crippen LogP contribution in [0.5, 0.6) is 0 Å². The fourth-order valence-corrected chi connectivity index (χ4v) is 2.51. The molecule has 1 aliphatic heterocycles. The van der Waals surface area contributed by atoms with E-state index >= 15 is 0 Å². The first-order valence-corrected chi connectivity index (χ1v) is 7.04. The fraction of sp³-hybridized carbons (Fsp3) is 0.846. The van der Waals surface area contributed by atoms with Crippen LogP contribution in [0.25, 0.3) is 0 Å². The van der Waals surface area contributed by atoms with Crippen molar-refractivity contribution in [3.05, 3.63) is 12.2 Å². The summed E-state index contributed by atoms with van der Waals surface area (Å²) in [4.78, 5) is 6.86. The Morgan fingerprint density at radius 3 is 3.00 bits per heavy atom. The van der Waals surface area contributed by atoms with E-state index in [1.54, 1.807) is 6.33 Å². The highest BCUT2D eigenvalue weighted by molar-refractivity contribution is 4.87. The van der Waals surface area contributed by atoms with Gasteiger partial charge in [-0.1, -0.05) is 0 Å². The molecule has 2 heterocycles. The van der Waals surface area contributed by atoms with Gasteiger partial charge in [0.1, 0.15) is 12.2 Å². The summed E-state index contributed by atoms with van der Waals surface area (Å²) >= 11 is 0. The molecule has 2 rings (SSSR count). The molecule has 1 aromatic rings. The van der Waals surface area contributed by atoms with Crippen molar-refractivity contribution in [3.8, 4) is 0 Å². The first kappa shape index (κ1) is 13.5. The lowest BCUT2D eigenvalue weighted by molar-refractivity contribution is 0.186. The molecule has 0 aromatic carbocycles. The second-order valence-corrected chi connectivity index (χ2v) is 5.31. The zero-order valence-electron chi connectivity index (χ0n) is 11.8. The van der Waals surface area contributed by atoms with Crippen LogP contribution in [-0.2, 0) is 13.1 Å². The fourth-order valence-electron chi connectivity index (χ4n) is 2.51. The molecular formula is C13H25N5. The third kappa shape index (κ3) is 3.29. The zero-order valence-corrected chi connectivity index (χ0v) is 11.8. The Bertz CT molecular complexity index is 354. The van der Waals surface area contributed by atoms with Gasteiger partial charge in [0.15, 0.2) is 0 Å². The molecule has 1 aromatic heterocycles. The van der Waals surface area contributed by atoms with Gasteiger partial charge in [0.2, 0.25) is 0 Å².